The molecule has 0 saturated heterocycles. The quantitative estimate of drug-likeness (QED) is 0.792. The summed E-state index contributed by atoms with van der Waals surface area (Å²) in [5.74, 6) is 0.976. The van der Waals surface area contributed by atoms with Crippen LogP contribution in [0.1, 0.15) is 25.3 Å². The fraction of sp³-hybridized carbons (Fsp3) is 0.438. The lowest BCUT2D eigenvalue weighted by Gasteiger charge is -2.09. The number of hydrogen-bond donors (Lipinski definition) is 2. The second-order valence-electron chi connectivity index (χ2n) is 5.40. The number of carbonyl (C=O) groups excluding carboxylic acids is 2. The summed E-state index contributed by atoms with van der Waals surface area (Å²) in [5, 5.41) is 9.34. The van der Waals surface area contributed by atoms with Gasteiger partial charge in [0.15, 0.2) is 11.5 Å². The van der Waals surface area contributed by atoms with E-state index in [0.717, 1.165) is 5.56 Å². The zero-order chi connectivity index (χ0) is 16.9. The number of amides is 2. The molecular formula is C16H19N3O5. The van der Waals surface area contributed by atoms with E-state index in [0.29, 0.717) is 30.2 Å². The second-order valence-corrected chi connectivity index (χ2v) is 5.40. The van der Waals surface area contributed by atoms with Gasteiger partial charge in [-0.3, -0.25) is 9.59 Å². The number of nitrogens with zero attached hydrogens (tertiary/aromatic N) is 1. The van der Waals surface area contributed by atoms with Crippen molar-refractivity contribution in [3.63, 3.8) is 0 Å². The van der Waals surface area contributed by atoms with Gasteiger partial charge in [0.2, 0.25) is 18.8 Å². The molecule has 0 fully saturated rings. The van der Waals surface area contributed by atoms with Gasteiger partial charge in [0.1, 0.15) is 0 Å². The van der Waals surface area contributed by atoms with E-state index in [1.165, 1.54) is 0 Å². The first-order valence-electron chi connectivity index (χ1n) is 7.84. The summed E-state index contributed by atoms with van der Waals surface area (Å²) in [6.45, 7) is 2.89. The number of fused-ring (bicyclic) bond motifs is 1. The minimum Gasteiger partial charge on any atom is -0.454 e. The fourth-order valence-corrected chi connectivity index (χ4v) is 2.46. The van der Waals surface area contributed by atoms with E-state index in [1.807, 2.05) is 19.1 Å². The van der Waals surface area contributed by atoms with Crippen LogP contribution in [0, 0.1) is 0 Å². The van der Waals surface area contributed by atoms with Crippen LogP contribution in [0.25, 0.3) is 0 Å². The Hall–Kier alpha value is -2.77. The molecule has 2 aliphatic rings. The number of oxime groups is 1. The Bertz CT molecular complexity index is 674. The molecule has 1 aromatic rings. The highest BCUT2D eigenvalue weighted by molar-refractivity contribution is 6.04. The Morgan fingerprint density at radius 2 is 2.08 bits per heavy atom. The van der Waals surface area contributed by atoms with Gasteiger partial charge >= 0.3 is 0 Å². The second kappa shape index (κ2) is 7.20. The summed E-state index contributed by atoms with van der Waals surface area (Å²) in [5.41, 5.74) is 1.51. The zero-order valence-electron chi connectivity index (χ0n) is 13.3. The highest BCUT2D eigenvalue weighted by Gasteiger charge is 2.29. The fourth-order valence-electron chi connectivity index (χ4n) is 2.46. The van der Waals surface area contributed by atoms with Crippen molar-refractivity contribution in [3.05, 3.63) is 23.8 Å². The molecule has 2 heterocycles. The summed E-state index contributed by atoms with van der Waals surface area (Å²) in [6, 6.07) is 5.48. The van der Waals surface area contributed by atoms with Crippen LogP contribution in [-0.2, 0) is 14.4 Å². The molecule has 0 aromatic heterocycles. The third-order valence-corrected chi connectivity index (χ3v) is 3.69. The van der Waals surface area contributed by atoms with Crippen LogP contribution in [0.15, 0.2) is 23.4 Å². The average Bonchev–Trinajstić information content (AvgIpc) is 3.23. The van der Waals surface area contributed by atoms with Gasteiger partial charge in [0.05, 0.1) is 5.71 Å². The van der Waals surface area contributed by atoms with Crippen LogP contribution in [0.5, 0.6) is 11.5 Å². The van der Waals surface area contributed by atoms with E-state index in [9.17, 15) is 9.59 Å². The van der Waals surface area contributed by atoms with Gasteiger partial charge in [-0.2, -0.15) is 0 Å². The molecule has 1 atom stereocenters. The smallest absolute Gasteiger partial charge is 0.264 e. The van der Waals surface area contributed by atoms with Crippen molar-refractivity contribution in [1.82, 2.24) is 10.6 Å². The summed E-state index contributed by atoms with van der Waals surface area (Å²) in [7, 11) is 0. The normalized spacial score (nSPS) is 17.9. The summed E-state index contributed by atoms with van der Waals surface area (Å²) < 4.78 is 10.6. The topological polar surface area (TPSA) is 98.3 Å². The number of nitrogens with one attached hydrogen (secondary N) is 2. The molecule has 8 heteroatoms. The maximum absolute atomic E-state index is 12.1. The first-order chi connectivity index (χ1) is 11.7. The minimum atomic E-state index is -0.681. The van der Waals surface area contributed by atoms with Crippen molar-refractivity contribution in [1.29, 1.82) is 0 Å². The van der Waals surface area contributed by atoms with E-state index in [-0.39, 0.29) is 31.6 Å². The van der Waals surface area contributed by atoms with E-state index in [1.54, 1.807) is 6.07 Å². The van der Waals surface area contributed by atoms with Gasteiger partial charge < -0.3 is 24.9 Å². The van der Waals surface area contributed by atoms with Crippen LogP contribution in [0.2, 0.25) is 0 Å². The van der Waals surface area contributed by atoms with E-state index >= 15 is 0 Å². The van der Waals surface area contributed by atoms with Gasteiger partial charge in [-0.25, -0.2) is 0 Å². The van der Waals surface area contributed by atoms with Crippen LogP contribution in [0.4, 0.5) is 0 Å². The Kier molecular flexibility index (Phi) is 4.83. The van der Waals surface area contributed by atoms with Gasteiger partial charge in [-0.05, 0) is 25.1 Å². The molecule has 2 amide bonds. The van der Waals surface area contributed by atoms with Crippen LogP contribution >= 0.6 is 0 Å². The first-order valence-corrected chi connectivity index (χ1v) is 7.84. The van der Waals surface area contributed by atoms with Crippen LogP contribution < -0.4 is 20.1 Å². The van der Waals surface area contributed by atoms with Crippen molar-refractivity contribution in [2.24, 2.45) is 5.16 Å². The third kappa shape index (κ3) is 3.58. The molecule has 24 heavy (non-hydrogen) atoms. The standard InChI is InChI=1S/C16H19N3O5/c1-2-17-15(20)5-6-18-16(21)14-8-11(19-24-14)10-3-4-12-13(7-10)23-9-22-12/h3-4,7,14H,2,5-6,8-9H2,1H3,(H,17,20)(H,18,21). The number of carbonyl (C=O) groups is 2. The van der Waals surface area contributed by atoms with Crippen molar-refractivity contribution in [2.45, 2.75) is 25.9 Å². The van der Waals surface area contributed by atoms with Gasteiger partial charge in [-0.15, -0.1) is 0 Å². The maximum Gasteiger partial charge on any atom is 0.264 e. The lowest BCUT2D eigenvalue weighted by Crippen LogP contribution is -2.37. The maximum atomic E-state index is 12.1. The highest BCUT2D eigenvalue weighted by atomic mass is 16.7. The molecule has 2 N–H and O–H groups in total. The minimum absolute atomic E-state index is 0.0950. The average molecular weight is 333 g/mol. The Morgan fingerprint density at radius 3 is 2.92 bits per heavy atom. The molecule has 3 rings (SSSR count). The molecule has 1 unspecified atom stereocenters. The molecule has 0 saturated carbocycles. The van der Waals surface area contributed by atoms with Crippen molar-refractivity contribution in [3.8, 4) is 11.5 Å². The molecule has 0 radical (unpaired) electrons. The zero-order valence-corrected chi connectivity index (χ0v) is 13.3. The largest absolute Gasteiger partial charge is 0.454 e. The number of rotatable bonds is 6. The van der Waals surface area contributed by atoms with Crippen LogP contribution in [-0.4, -0.2) is 43.5 Å². The molecular weight excluding hydrogens is 314 g/mol. The predicted octanol–water partition coefficient (Wildman–Crippen LogP) is 0.551. The summed E-state index contributed by atoms with van der Waals surface area (Å²) in [6.07, 6.45) is -0.0749. The Morgan fingerprint density at radius 1 is 1.25 bits per heavy atom. The lowest BCUT2D eigenvalue weighted by molar-refractivity contribution is -0.131. The number of ether oxygens (including phenoxy) is 2. The van der Waals surface area contributed by atoms with Gasteiger partial charge in [0, 0.05) is 31.5 Å². The van der Waals surface area contributed by atoms with E-state index in [4.69, 9.17) is 14.3 Å². The van der Waals surface area contributed by atoms with Gasteiger partial charge in [-0.1, -0.05) is 5.16 Å². The molecule has 0 spiro atoms. The molecule has 128 valence electrons. The first kappa shape index (κ1) is 16.1. The molecule has 1 aromatic carbocycles. The SMILES string of the molecule is CCNC(=O)CCNC(=O)C1CC(c2ccc3c(c2)OCO3)=NO1. The summed E-state index contributed by atoms with van der Waals surface area (Å²) >= 11 is 0. The van der Waals surface area contributed by atoms with Gasteiger partial charge in [0.25, 0.3) is 5.91 Å². The highest BCUT2D eigenvalue weighted by Crippen LogP contribution is 2.33. The van der Waals surface area contributed by atoms with E-state index in [2.05, 4.69) is 15.8 Å². The van der Waals surface area contributed by atoms with E-state index < -0.39 is 6.10 Å². The number of benzene rings is 1. The van der Waals surface area contributed by atoms with Crippen molar-refractivity contribution < 1.29 is 23.9 Å². The Labute approximate surface area is 139 Å². The number of hydrogen-bond acceptors (Lipinski definition) is 6. The lowest BCUT2D eigenvalue weighted by atomic mass is 10.0. The monoisotopic (exact) mass is 333 g/mol. The molecule has 2 aliphatic heterocycles. The Balaban J connectivity index is 1.49. The molecule has 0 bridgehead atoms. The van der Waals surface area contributed by atoms with Crippen LogP contribution in [0.3, 0.4) is 0 Å². The van der Waals surface area contributed by atoms with Crippen molar-refractivity contribution >= 4 is 17.5 Å². The molecule has 0 aliphatic carbocycles. The summed E-state index contributed by atoms with van der Waals surface area (Å²) in [4.78, 5) is 28.6. The van der Waals surface area contributed by atoms with Crippen molar-refractivity contribution in [2.75, 3.05) is 19.9 Å². The third-order valence-electron chi connectivity index (χ3n) is 3.69. The predicted molar refractivity (Wildman–Crippen MR) is 84.9 cm³/mol. The molecule has 8 nitrogen and oxygen atoms in total.